The van der Waals surface area contributed by atoms with E-state index in [-0.39, 0.29) is 11.9 Å². The lowest BCUT2D eigenvalue weighted by molar-refractivity contribution is -0.119. The monoisotopic (exact) mass is 234 g/mol. The summed E-state index contributed by atoms with van der Waals surface area (Å²) in [6.45, 7) is 1.50. The van der Waals surface area contributed by atoms with E-state index in [0.717, 1.165) is 24.0 Å². The molecule has 5 heteroatoms. The molecule has 1 aliphatic rings. The van der Waals surface area contributed by atoms with Gasteiger partial charge in [-0.3, -0.25) is 10.1 Å². The Labute approximate surface area is 98.8 Å². The maximum Gasteiger partial charge on any atom is 0.409 e. The first-order chi connectivity index (χ1) is 8.06. The molecule has 90 valence electrons. The molecule has 0 aliphatic heterocycles. The van der Waals surface area contributed by atoms with Crippen LogP contribution in [0.3, 0.4) is 0 Å². The fourth-order valence-corrected chi connectivity index (χ4v) is 2.21. The summed E-state index contributed by atoms with van der Waals surface area (Å²) in [5.74, 6) is -0.0458. The Morgan fingerprint density at radius 2 is 2.18 bits per heavy atom. The third-order valence-electron chi connectivity index (χ3n) is 2.85. The van der Waals surface area contributed by atoms with E-state index in [4.69, 9.17) is 5.11 Å². The molecule has 0 radical (unpaired) electrons. The van der Waals surface area contributed by atoms with Crippen LogP contribution in [0.25, 0.3) is 0 Å². The molecule has 0 heterocycles. The average molecular weight is 234 g/mol. The van der Waals surface area contributed by atoms with Crippen molar-refractivity contribution in [2.45, 2.75) is 25.8 Å². The first-order valence-electron chi connectivity index (χ1n) is 5.46. The average Bonchev–Trinajstić information content (AvgIpc) is 2.59. The zero-order chi connectivity index (χ0) is 12.4. The number of benzene rings is 1. The van der Waals surface area contributed by atoms with Crippen LogP contribution in [0.1, 0.15) is 30.5 Å². The second kappa shape index (κ2) is 4.45. The molecule has 17 heavy (non-hydrogen) atoms. The van der Waals surface area contributed by atoms with Crippen LogP contribution in [-0.4, -0.2) is 17.1 Å². The first kappa shape index (κ1) is 11.4. The van der Waals surface area contributed by atoms with Gasteiger partial charge in [0.15, 0.2) is 0 Å². The number of anilines is 1. The van der Waals surface area contributed by atoms with Gasteiger partial charge < -0.3 is 10.4 Å². The predicted molar refractivity (Wildman–Crippen MR) is 63.0 cm³/mol. The summed E-state index contributed by atoms with van der Waals surface area (Å²) in [5.41, 5.74) is 2.74. The molecule has 0 fully saturated rings. The van der Waals surface area contributed by atoms with Crippen LogP contribution in [0.2, 0.25) is 0 Å². The fourth-order valence-electron chi connectivity index (χ4n) is 2.21. The quantitative estimate of drug-likeness (QED) is 0.731. The van der Waals surface area contributed by atoms with Gasteiger partial charge in [0, 0.05) is 12.6 Å². The summed E-state index contributed by atoms with van der Waals surface area (Å²) >= 11 is 0. The molecule has 1 unspecified atom stereocenters. The number of carbonyl (C=O) groups is 2. The molecular weight excluding hydrogens is 220 g/mol. The maximum atomic E-state index is 11.0. The van der Waals surface area contributed by atoms with Gasteiger partial charge >= 0.3 is 6.09 Å². The Hall–Kier alpha value is -2.04. The van der Waals surface area contributed by atoms with Crippen LogP contribution in [-0.2, 0) is 11.2 Å². The Balaban J connectivity index is 2.19. The largest absolute Gasteiger partial charge is 0.465 e. The van der Waals surface area contributed by atoms with E-state index in [0.29, 0.717) is 5.69 Å². The van der Waals surface area contributed by atoms with Crippen LogP contribution in [0.4, 0.5) is 10.5 Å². The second-order valence-corrected chi connectivity index (χ2v) is 4.14. The number of aryl methyl sites for hydroxylation is 1. The van der Waals surface area contributed by atoms with E-state index in [2.05, 4.69) is 10.6 Å². The van der Waals surface area contributed by atoms with Crippen LogP contribution < -0.4 is 10.6 Å². The van der Waals surface area contributed by atoms with E-state index in [1.807, 2.05) is 12.1 Å². The molecule has 2 rings (SSSR count). The van der Waals surface area contributed by atoms with Crippen molar-refractivity contribution >= 4 is 17.7 Å². The minimum absolute atomic E-state index is 0.0458. The number of carbonyl (C=O) groups excluding carboxylic acids is 1. The number of rotatable bonds is 2. The SMILES string of the molecule is CC(=O)NC1CCc2cc(NC(=O)O)ccc21. The van der Waals surface area contributed by atoms with Crippen molar-refractivity contribution in [2.24, 2.45) is 0 Å². The number of hydrogen-bond donors (Lipinski definition) is 3. The van der Waals surface area contributed by atoms with Crippen LogP contribution in [0.5, 0.6) is 0 Å². The first-order valence-corrected chi connectivity index (χ1v) is 5.46. The molecule has 0 bridgehead atoms. The highest BCUT2D eigenvalue weighted by atomic mass is 16.4. The highest BCUT2D eigenvalue weighted by Crippen LogP contribution is 2.32. The summed E-state index contributed by atoms with van der Waals surface area (Å²) in [6.07, 6.45) is 0.655. The summed E-state index contributed by atoms with van der Waals surface area (Å²) in [7, 11) is 0. The standard InChI is InChI=1S/C12H14N2O3/c1-7(15)13-11-5-2-8-6-9(14-12(16)17)3-4-10(8)11/h3-4,6,11,14H,2,5H2,1H3,(H,13,15)(H,16,17). The Bertz CT molecular complexity index is 471. The zero-order valence-corrected chi connectivity index (χ0v) is 9.49. The van der Waals surface area contributed by atoms with Crippen LogP contribution in [0, 0.1) is 0 Å². The molecule has 1 aliphatic carbocycles. The van der Waals surface area contributed by atoms with Crippen molar-refractivity contribution in [1.29, 1.82) is 0 Å². The van der Waals surface area contributed by atoms with Crippen LogP contribution >= 0.6 is 0 Å². The third kappa shape index (κ3) is 2.55. The molecule has 0 spiro atoms. The summed E-state index contributed by atoms with van der Waals surface area (Å²) in [5, 5.41) is 13.8. The smallest absolute Gasteiger partial charge is 0.409 e. The number of amides is 2. The highest BCUT2D eigenvalue weighted by molar-refractivity contribution is 5.83. The second-order valence-electron chi connectivity index (χ2n) is 4.14. The fraction of sp³-hybridized carbons (Fsp3) is 0.333. The van der Waals surface area contributed by atoms with Crippen molar-refractivity contribution in [1.82, 2.24) is 5.32 Å². The molecule has 0 saturated carbocycles. The lowest BCUT2D eigenvalue weighted by atomic mass is 10.1. The Morgan fingerprint density at radius 3 is 2.82 bits per heavy atom. The molecule has 0 saturated heterocycles. The summed E-state index contributed by atoms with van der Waals surface area (Å²) in [4.78, 5) is 21.5. The lowest BCUT2D eigenvalue weighted by Crippen LogP contribution is -2.24. The molecule has 1 aromatic carbocycles. The highest BCUT2D eigenvalue weighted by Gasteiger charge is 2.23. The number of fused-ring (bicyclic) bond motifs is 1. The predicted octanol–water partition coefficient (Wildman–Crippen LogP) is 1.90. The third-order valence-corrected chi connectivity index (χ3v) is 2.85. The van der Waals surface area contributed by atoms with Gasteiger partial charge in [-0.2, -0.15) is 0 Å². The Kier molecular flexibility index (Phi) is 2.99. The molecule has 0 aromatic heterocycles. The summed E-state index contributed by atoms with van der Waals surface area (Å²) in [6, 6.07) is 5.47. The van der Waals surface area contributed by atoms with Crippen LogP contribution in [0.15, 0.2) is 18.2 Å². The molecule has 2 amide bonds. The van der Waals surface area contributed by atoms with Gasteiger partial charge in [0.1, 0.15) is 0 Å². The van der Waals surface area contributed by atoms with E-state index in [9.17, 15) is 9.59 Å². The van der Waals surface area contributed by atoms with Gasteiger partial charge in [-0.15, -0.1) is 0 Å². The lowest BCUT2D eigenvalue weighted by Gasteiger charge is -2.12. The van der Waals surface area contributed by atoms with Crippen molar-refractivity contribution in [2.75, 3.05) is 5.32 Å². The zero-order valence-electron chi connectivity index (χ0n) is 9.49. The molecule has 3 N–H and O–H groups in total. The molecule has 1 aromatic rings. The Morgan fingerprint density at radius 1 is 1.41 bits per heavy atom. The normalized spacial score (nSPS) is 17.4. The van der Waals surface area contributed by atoms with Crippen molar-refractivity contribution < 1.29 is 14.7 Å². The minimum Gasteiger partial charge on any atom is -0.465 e. The molecule has 1 atom stereocenters. The molecular formula is C12H14N2O3. The van der Waals surface area contributed by atoms with E-state index >= 15 is 0 Å². The molecule has 5 nitrogen and oxygen atoms in total. The van der Waals surface area contributed by atoms with Crippen molar-refractivity contribution in [3.63, 3.8) is 0 Å². The van der Waals surface area contributed by atoms with Gasteiger partial charge in [0.2, 0.25) is 5.91 Å². The number of nitrogens with one attached hydrogen (secondary N) is 2. The van der Waals surface area contributed by atoms with Gasteiger partial charge in [-0.05, 0) is 36.1 Å². The number of carboxylic acid groups (broad SMARTS) is 1. The van der Waals surface area contributed by atoms with Gasteiger partial charge in [-0.25, -0.2) is 4.79 Å². The van der Waals surface area contributed by atoms with Gasteiger partial charge in [-0.1, -0.05) is 6.07 Å². The minimum atomic E-state index is -1.07. The van der Waals surface area contributed by atoms with Crippen molar-refractivity contribution in [3.8, 4) is 0 Å². The topological polar surface area (TPSA) is 78.4 Å². The van der Waals surface area contributed by atoms with E-state index in [1.54, 1.807) is 6.07 Å². The number of hydrogen-bond acceptors (Lipinski definition) is 2. The maximum absolute atomic E-state index is 11.0. The van der Waals surface area contributed by atoms with Gasteiger partial charge in [0.05, 0.1) is 6.04 Å². The van der Waals surface area contributed by atoms with Crippen molar-refractivity contribution in [3.05, 3.63) is 29.3 Å². The van der Waals surface area contributed by atoms with E-state index < -0.39 is 6.09 Å². The van der Waals surface area contributed by atoms with Gasteiger partial charge in [0.25, 0.3) is 0 Å². The van der Waals surface area contributed by atoms with E-state index in [1.165, 1.54) is 6.92 Å². The summed E-state index contributed by atoms with van der Waals surface area (Å²) < 4.78 is 0.